The fourth-order valence-electron chi connectivity index (χ4n) is 2.31. The van der Waals surface area contributed by atoms with E-state index in [4.69, 9.17) is 0 Å². The van der Waals surface area contributed by atoms with Crippen LogP contribution in [0.25, 0.3) is 0 Å². The number of aryl methyl sites for hydroxylation is 1. The second-order valence-corrected chi connectivity index (χ2v) is 6.23. The van der Waals surface area contributed by atoms with Crippen LogP contribution in [0.15, 0.2) is 11.4 Å². The normalized spacial score (nSPS) is 18.7. The standard InChI is InChI=1S/C14H24N2S/c1-12-3-7-16(8-4-12)9-6-15-11-14-13(2)5-10-17-14/h5,10,12,15H,3-4,6-9,11H2,1-2H3. The molecule has 2 heterocycles. The van der Waals surface area contributed by atoms with E-state index >= 15 is 0 Å². The molecule has 0 spiro atoms. The van der Waals surface area contributed by atoms with Crippen LogP contribution in [0.5, 0.6) is 0 Å². The van der Waals surface area contributed by atoms with Gasteiger partial charge in [0, 0.05) is 24.5 Å². The summed E-state index contributed by atoms with van der Waals surface area (Å²) in [6.45, 7) is 10.5. The maximum absolute atomic E-state index is 3.56. The van der Waals surface area contributed by atoms with E-state index in [1.807, 2.05) is 11.3 Å². The summed E-state index contributed by atoms with van der Waals surface area (Å²) in [5, 5.41) is 5.73. The molecule has 1 aromatic heterocycles. The van der Waals surface area contributed by atoms with Crippen molar-refractivity contribution in [2.75, 3.05) is 26.2 Å². The predicted molar refractivity (Wildman–Crippen MR) is 75.6 cm³/mol. The molecule has 0 aliphatic carbocycles. The predicted octanol–water partition coefficient (Wildman–Crippen LogP) is 2.88. The van der Waals surface area contributed by atoms with Crippen LogP contribution >= 0.6 is 11.3 Å². The number of hydrogen-bond acceptors (Lipinski definition) is 3. The van der Waals surface area contributed by atoms with Crippen LogP contribution in [0.3, 0.4) is 0 Å². The molecule has 17 heavy (non-hydrogen) atoms. The molecule has 96 valence electrons. The number of likely N-dealkylation sites (tertiary alicyclic amines) is 1. The van der Waals surface area contributed by atoms with E-state index in [-0.39, 0.29) is 0 Å². The van der Waals surface area contributed by atoms with Crippen molar-refractivity contribution in [3.05, 3.63) is 21.9 Å². The zero-order valence-electron chi connectivity index (χ0n) is 11.0. The van der Waals surface area contributed by atoms with Crippen LogP contribution in [0.1, 0.15) is 30.2 Å². The summed E-state index contributed by atoms with van der Waals surface area (Å²) in [5.41, 5.74) is 1.43. The first kappa shape index (κ1) is 13.1. The molecule has 0 amide bonds. The number of thiophene rings is 1. The van der Waals surface area contributed by atoms with Gasteiger partial charge in [-0.2, -0.15) is 0 Å². The van der Waals surface area contributed by atoms with Crippen molar-refractivity contribution in [3.63, 3.8) is 0 Å². The molecular weight excluding hydrogens is 228 g/mol. The highest BCUT2D eigenvalue weighted by Crippen LogP contribution is 2.16. The highest BCUT2D eigenvalue weighted by atomic mass is 32.1. The lowest BCUT2D eigenvalue weighted by Gasteiger charge is -2.30. The number of nitrogens with zero attached hydrogens (tertiary/aromatic N) is 1. The van der Waals surface area contributed by atoms with Gasteiger partial charge in [0.15, 0.2) is 0 Å². The van der Waals surface area contributed by atoms with Crippen molar-refractivity contribution in [1.82, 2.24) is 10.2 Å². The highest BCUT2D eigenvalue weighted by Gasteiger charge is 2.14. The Balaban J connectivity index is 1.59. The zero-order chi connectivity index (χ0) is 12.1. The van der Waals surface area contributed by atoms with Crippen LogP contribution in [0, 0.1) is 12.8 Å². The maximum Gasteiger partial charge on any atom is 0.0302 e. The van der Waals surface area contributed by atoms with Crippen molar-refractivity contribution in [2.24, 2.45) is 5.92 Å². The number of rotatable bonds is 5. The minimum atomic E-state index is 0.938. The van der Waals surface area contributed by atoms with Crippen LogP contribution < -0.4 is 5.32 Å². The monoisotopic (exact) mass is 252 g/mol. The van der Waals surface area contributed by atoms with Gasteiger partial charge in [-0.3, -0.25) is 0 Å². The minimum absolute atomic E-state index is 0.938. The topological polar surface area (TPSA) is 15.3 Å². The van der Waals surface area contributed by atoms with Crippen molar-refractivity contribution in [2.45, 2.75) is 33.2 Å². The summed E-state index contributed by atoms with van der Waals surface area (Å²) in [5.74, 6) is 0.938. The molecule has 1 aliphatic heterocycles. The SMILES string of the molecule is Cc1ccsc1CNCCN1CCC(C)CC1. The third-order valence-electron chi connectivity index (χ3n) is 3.73. The Morgan fingerprint density at radius 2 is 2.18 bits per heavy atom. The lowest BCUT2D eigenvalue weighted by Crippen LogP contribution is -2.37. The quantitative estimate of drug-likeness (QED) is 0.811. The molecule has 3 heteroatoms. The third-order valence-corrected chi connectivity index (χ3v) is 4.76. The molecule has 1 aromatic rings. The summed E-state index contributed by atoms with van der Waals surface area (Å²) in [6, 6.07) is 2.20. The maximum atomic E-state index is 3.56. The molecule has 0 radical (unpaired) electrons. The summed E-state index contributed by atoms with van der Waals surface area (Å²) >= 11 is 1.86. The van der Waals surface area contributed by atoms with E-state index in [1.54, 1.807) is 0 Å². The van der Waals surface area contributed by atoms with E-state index < -0.39 is 0 Å². The number of hydrogen-bond donors (Lipinski definition) is 1. The number of nitrogens with one attached hydrogen (secondary N) is 1. The van der Waals surface area contributed by atoms with Gasteiger partial charge in [0.1, 0.15) is 0 Å². The van der Waals surface area contributed by atoms with Crippen molar-refractivity contribution in [1.29, 1.82) is 0 Å². The molecule has 0 atom stereocenters. The second kappa shape index (κ2) is 6.53. The Hall–Kier alpha value is -0.380. The van der Waals surface area contributed by atoms with Gasteiger partial charge < -0.3 is 10.2 Å². The largest absolute Gasteiger partial charge is 0.311 e. The highest BCUT2D eigenvalue weighted by molar-refractivity contribution is 7.10. The average molecular weight is 252 g/mol. The van der Waals surface area contributed by atoms with Crippen molar-refractivity contribution < 1.29 is 0 Å². The Bertz CT molecular complexity index is 327. The van der Waals surface area contributed by atoms with E-state index in [0.29, 0.717) is 0 Å². The van der Waals surface area contributed by atoms with Crippen molar-refractivity contribution in [3.8, 4) is 0 Å². The molecule has 0 aromatic carbocycles. The Labute approximate surface area is 109 Å². The first-order chi connectivity index (χ1) is 8.25. The van der Waals surface area contributed by atoms with Gasteiger partial charge in [0.25, 0.3) is 0 Å². The van der Waals surface area contributed by atoms with Crippen LogP contribution in [-0.2, 0) is 6.54 Å². The number of piperidine rings is 1. The molecule has 1 aliphatic rings. The van der Waals surface area contributed by atoms with Crippen LogP contribution in [-0.4, -0.2) is 31.1 Å². The van der Waals surface area contributed by atoms with E-state index in [2.05, 4.69) is 35.5 Å². The zero-order valence-corrected chi connectivity index (χ0v) is 11.9. The van der Waals surface area contributed by atoms with E-state index in [9.17, 15) is 0 Å². The van der Waals surface area contributed by atoms with E-state index in [1.165, 1.54) is 42.9 Å². The minimum Gasteiger partial charge on any atom is -0.311 e. The fraction of sp³-hybridized carbons (Fsp3) is 0.714. The summed E-state index contributed by atoms with van der Waals surface area (Å²) in [7, 11) is 0. The summed E-state index contributed by atoms with van der Waals surface area (Å²) < 4.78 is 0. The molecule has 1 fully saturated rings. The Morgan fingerprint density at radius 3 is 2.82 bits per heavy atom. The Morgan fingerprint density at radius 1 is 1.41 bits per heavy atom. The van der Waals surface area contributed by atoms with Crippen LogP contribution in [0.4, 0.5) is 0 Å². The van der Waals surface area contributed by atoms with Crippen LogP contribution in [0.2, 0.25) is 0 Å². The lowest BCUT2D eigenvalue weighted by molar-refractivity contribution is 0.193. The van der Waals surface area contributed by atoms with Gasteiger partial charge in [0.05, 0.1) is 0 Å². The molecular formula is C14H24N2S. The smallest absolute Gasteiger partial charge is 0.0302 e. The molecule has 2 rings (SSSR count). The fourth-order valence-corrected chi connectivity index (χ4v) is 3.19. The van der Waals surface area contributed by atoms with E-state index in [0.717, 1.165) is 19.0 Å². The molecule has 1 N–H and O–H groups in total. The Kier molecular flexibility index (Phi) is 5.01. The first-order valence-electron chi connectivity index (χ1n) is 6.72. The molecule has 1 saturated heterocycles. The third kappa shape index (κ3) is 4.09. The molecule has 0 saturated carbocycles. The summed E-state index contributed by atoms with van der Waals surface area (Å²) in [4.78, 5) is 4.08. The van der Waals surface area contributed by atoms with Crippen molar-refractivity contribution >= 4 is 11.3 Å². The molecule has 2 nitrogen and oxygen atoms in total. The van der Waals surface area contributed by atoms with Gasteiger partial charge in [-0.05, 0) is 55.8 Å². The van der Waals surface area contributed by atoms with Gasteiger partial charge >= 0.3 is 0 Å². The molecule has 0 bridgehead atoms. The first-order valence-corrected chi connectivity index (χ1v) is 7.59. The lowest BCUT2D eigenvalue weighted by atomic mass is 9.99. The second-order valence-electron chi connectivity index (χ2n) is 5.23. The van der Waals surface area contributed by atoms with Gasteiger partial charge in [-0.1, -0.05) is 6.92 Å². The van der Waals surface area contributed by atoms with Gasteiger partial charge in [-0.25, -0.2) is 0 Å². The van der Waals surface area contributed by atoms with Gasteiger partial charge in [0.2, 0.25) is 0 Å². The summed E-state index contributed by atoms with van der Waals surface area (Å²) in [6.07, 6.45) is 2.76. The molecule has 0 unspecified atom stereocenters. The van der Waals surface area contributed by atoms with Gasteiger partial charge in [-0.15, -0.1) is 11.3 Å². The average Bonchev–Trinajstić information content (AvgIpc) is 2.73.